The van der Waals surface area contributed by atoms with Crippen LogP contribution in [0.2, 0.25) is 0 Å². The summed E-state index contributed by atoms with van der Waals surface area (Å²) in [5, 5.41) is 16.6. The Hall–Kier alpha value is -4.81. The molecule has 0 aliphatic rings. The highest BCUT2D eigenvalue weighted by Crippen LogP contribution is 2.33. The minimum Gasteiger partial charge on any atom is -0.497 e. The number of aliphatic imine (C=N–C) groups is 1. The second-order valence-corrected chi connectivity index (χ2v) is 9.50. The molecule has 0 amide bonds. The minimum atomic E-state index is -4.72. The molecule has 0 fully saturated rings. The van der Waals surface area contributed by atoms with E-state index >= 15 is 0 Å². The number of ether oxygens (including phenoxy) is 2. The number of nitrogens with zero attached hydrogens (tertiary/aromatic N) is 4. The van der Waals surface area contributed by atoms with Gasteiger partial charge in [0.25, 0.3) is 5.56 Å². The number of carbonyl (C=O) groups is 1. The van der Waals surface area contributed by atoms with Gasteiger partial charge in [-0.15, -0.1) is 0 Å². The van der Waals surface area contributed by atoms with Crippen molar-refractivity contribution in [3.63, 3.8) is 0 Å². The number of aryl methyl sites for hydroxylation is 2. The van der Waals surface area contributed by atoms with Crippen LogP contribution in [-0.2, 0) is 12.7 Å². The molecule has 3 rings (SSSR count). The van der Waals surface area contributed by atoms with Crippen LogP contribution in [0.4, 0.5) is 18.9 Å². The number of pyridine rings is 1. The zero-order valence-corrected chi connectivity index (χ0v) is 24.3. The molecule has 1 aromatic carbocycles. The average Bonchev–Trinajstić information content (AvgIpc) is 3.32. The molecule has 0 radical (unpaired) electrons. The number of carboxylic acid groups (broad SMARTS) is 1. The maximum Gasteiger partial charge on any atom is 0.435 e. The summed E-state index contributed by atoms with van der Waals surface area (Å²) in [6, 6.07) is 7.10. The molecule has 0 saturated carbocycles. The largest absolute Gasteiger partial charge is 0.497 e. The van der Waals surface area contributed by atoms with E-state index in [0.717, 1.165) is 16.3 Å². The lowest BCUT2D eigenvalue weighted by atomic mass is 10.0. The van der Waals surface area contributed by atoms with Gasteiger partial charge in [-0.1, -0.05) is 11.6 Å². The van der Waals surface area contributed by atoms with E-state index in [4.69, 9.17) is 9.47 Å². The number of amidine groups is 1. The van der Waals surface area contributed by atoms with Crippen LogP contribution in [0.15, 0.2) is 58.0 Å². The zero-order valence-electron chi connectivity index (χ0n) is 24.3. The molecule has 42 heavy (non-hydrogen) atoms. The van der Waals surface area contributed by atoms with Crippen molar-refractivity contribution >= 4 is 28.9 Å². The van der Waals surface area contributed by atoms with Crippen LogP contribution in [0.25, 0.3) is 11.4 Å². The molecular formula is C29H32F3N5O5. The van der Waals surface area contributed by atoms with Crippen molar-refractivity contribution in [1.82, 2.24) is 14.3 Å². The molecular weight excluding hydrogens is 555 g/mol. The minimum absolute atomic E-state index is 0.0401. The topological polar surface area (TPSA) is 120 Å². The van der Waals surface area contributed by atoms with E-state index in [1.807, 2.05) is 0 Å². The smallest absolute Gasteiger partial charge is 0.435 e. The lowest BCUT2D eigenvalue weighted by Gasteiger charge is -2.16. The van der Waals surface area contributed by atoms with Crippen LogP contribution < -0.4 is 20.3 Å². The average molecular weight is 588 g/mol. The Kier molecular flexibility index (Phi) is 9.66. The quantitative estimate of drug-likeness (QED) is 0.181. The Labute approximate surface area is 240 Å². The van der Waals surface area contributed by atoms with Gasteiger partial charge < -0.3 is 24.5 Å². The highest BCUT2D eigenvalue weighted by molar-refractivity contribution is 6.00. The van der Waals surface area contributed by atoms with E-state index in [9.17, 15) is 27.9 Å². The van der Waals surface area contributed by atoms with Crippen molar-refractivity contribution in [1.29, 1.82) is 0 Å². The first-order valence-electron chi connectivity index (χ1n) is 12.7. The monoisotopic (exact) mass is 587 g/mol. The molecule has 3 aromatic rings. The van der Waals surface area contributed by atoms with Gasteiger partial charge in [-0.2, -0.15) is 18.3 Å². The summed E-state index contributed by atoms with van der Waals surface area (Å²) in [7, 11) is 2.98. The van der Waals surface area contributed by atoms with Gasteiger partial charge in [0.2, 0.25) is 0 Å². The number of methoxy groups -OCH3 is 2. The molecule has 2 heterocycles. The molecule has 224 valence electrons. The molecule has 13 heteroatoms. The standard InChI is InChI=1S/C29H32F3N5O5/c1-8-36-15-19(11-24(27(36)38)28(39)40)23(9-16(2)3)26(37-17(4)10-25(35-37)29(30,31)32)34-18(5)33-20-12-21(41-6)14-22(13-20)42-7/h9-15H,8H2,1-7H3,(H,33,34)(H,39,40)/b26-23-. The Bertz CT molecular complexity index is 1620. The fraction of sp³-hybridized carbons (Fsp3) is 0.310. The maximum absolute atomic E-state index is 13.7. The molecule has 2 N–H and O–H groups in total. The van der Waals surface area contributed by atoms with Gasteiger partial charge in [-0.05, 0) is 46.8 Å². The number of halogens is 3. The van der Waals surface area contributed by atoms with Crippen LogP contribution in [0.3, 0.4) is 0 Å². The van der Waals surface area contributed by atoms with Crippen LogP contribution in [0.5, 0.6) is 11.5 Å². The lowest BCUT2D eigenvalue weighted by molar-refractivity contribution is -0.141. The fourth-order valence-electron chi connectivity index (χ4n) is 4.06. The first kappa shape index (κ1) is 31.7. The molecule has 0 unspecified atom stereocenters. The summed E-state index contributed by atoms with van der Waals surface area (Å²) in [5.74, 6) is -0.240. The first-order chi connectivity index (χ1) is 19.7. The number of nitrogens with one attached hydrogen (secondary N) is 1. The normalized spacial score (nSPS) is 12.5. The number of hydrogen-bond acceptors (Lipinski definition) is 6. The van der Waals surface area contributed by atoms with E-state index in [0.29, 0.717) is 17.2 Å². The van der Waals surface area contributed by atoms with Gasteiger partial charge >= 0.3 is 12.1 Å². The summed E-state index contributed by atoms with van der Waals surface area (Å²) in [4.78, 5) is 29.3. The SMILES string of the molecule is CCn1cc(/C(C=C(C)C)=C(/N=C(\C)Nc2cc(OC)cc(OC)c2)n2nc(C(F)(F)F)cc2C)cc(C(=O)O)c1=O. The Morgan fingerprint density at radius 2 is 1.71 bits per heavy atom. The van der Waals surface area contributed by atoms with E-state index in [1.54, 1.807) is 52.0 Å². The van der Waals surface area contributed by atoms with Crippen LogP contribution in [-0.4, -0.2) is 45.5 Å². The molecule has 10 nitrogen and oxygen atoms in total. The molecule has 0 aliphatic heterocycles. The van der Waals surface area contributed by atoms with Crippen LogP contribution in [0.1, 0.15) is 55.0 Å². The summed E-state index contributed by atoms with van der Waals surface area (Å²) >= 11 is 0. The zero-order chi connectivity index (χ0) is 31.4. The Morgan fingerprint density at radius 1 is 1.10 bits per heavy atom. The van der Waals surface area contributed by atoms with Gasteiger partial charge in [0, 0.05) is 53.5 Å². The predicted molar refractivity (Wildman–Crippen MR) is 154 cm³/mol. The Balaban J connectivity index is 2.40. The summed E-state index contributed by atoms with van der Waals surface area (Å²) in [5.41, 5.74) is -0.476. The molecule has 0 aliphatic carbocycles. The number of aromatic nitrogens is 3. The summed E-state index contributed by atoms with van der Waals surface area (Å²) in [6.45, 7) is 8.41. The highest BCUT2D eigenvalue weighted by atomic mass is 19.4. The maximum atomic E-state index is 13.7. The molecule has 0 saturated heterocycles. The third-order valence-electron chi connectivity index (χ3n) is 5.97. The third-order valence-corrected chi connectivity index (χ3v) is 5.97. The van der Waals surface area contributed by atoms with Crippen molar-refractivity contribution in [2.24, 2.45) is 4.99 Å². The van der Waals surface area contributed by atoms with Gasteiger partial charge in [-0.3, -0.25) is 4.79 Å². The number of aromatic carboxylic acids is 1. The van der Waals surface area contributed by atoms with Crippen LogP contribution >= 0.6 is 0 Å². The second kappa shape index (κ2) is 12.8. The molecule has 0 spiro atoms. The van der Waals surface area contributed by atoms with E-state index in [2.05, 4.69) is 15.4 Å². The van der Waals surface area contributed by atoms with Gasteiger partial charge in [0.05, 0.1) is 14.2 Å². The fourth-order valence-corrected chi connectivity index (χ4v) is 4.06. The summed E-state index contributed by atoms with van der Waals surface area (Å²) < 4.78 is 53.9. The van der Waals surface area contributed by atoms with Gasteiger partial charge in [-0.25, -0.2) is 14.5 Å². The van der Waals surface area contributed by atoms with Crippen LogP contribution in [0, 0.1) is 6.92 Å². The lowest BCUT2D eigenvalue weighted by Crippen LogP contribution is -2.26. The number of hydrogen-bond donors (Lipinski definition) is 2. The first-order valence-corrected chi connectivity index (χ1v) is 12.7. The van der Waals surface area contributed by atoms with Crippen molar-refractivity contribution < 1.29 is 32.5 Å². The highest BCUT2D eigenvalue weighted by Gasteiger charge is 2.35. The van der Waals surface area contributed by atoms with E-state index < -0.39 is 29.0 Å². The number of benzene rings is 1. The van der Waals surface area contributed by atoms with Crippen molar-refractivity contribution in [3.05, 3.63) is 81.0 Å². The Morgan fingerprint density at radius 3 is 2.19 bits per heavy atom. The van der Waals surface area contributed by atoms with Gasteiger partial charge in [0.15, 0.2) is 11.5 Å². The second-order valence-electron chi connectivity index (χ2n) is 9.50. The van der Waals surface area contributed by atoms with Crippen molar-refractivity contribution in [3.8, 4) is 11.5 Å². The summed E-state index contributed by atoms with van der Waals surface area (Å²) in [6.07, 6.45) is -1.64. The van der Waals surface area contributed by atoms with Gasteiger partial charge in [0.1, 0.15) is 22.9 Å². The molecule has 0 atom stereocenters. The molecule has 0 bridgehead atoms. The number of anilines is 1. The number of carboxylic acids is 1. The predicted octanol–water partition coefficient (Wildman–Crippen LogP) is 5.93. The van der Waals surface area contributed by atoms with Crippen molar-refractivity contribution in [2.45, 2.75) is 47.3 Å². The molecule has 2 aromatic heterocycles. The van der Waals surface area contributed by atoms with E-state index in [1.165, 1.54) is 38.0 Å². The third kappa shape index (κ3) is 7.28. The number of allylic oxidation sites excluding steroid dienone is 3. The van der Waals surface area contributed by atoms with Crippen molar-refractivity contribution in [2.75, 3.05) is 19.5 Å². The van der Waals surface area contributed by atoms with E-state index in [-0.39, 0.29) is 35.0 Å². The number of rotatable bonds is 9. The number of alkyl halides is 3.